The molecule has 1 saturated carbocycles. The standard InChI is InChI=1S/C24H25F3N8O/c1-33-19(16-5-6-16)22(36)35-8-2-3-17-20(35)21(33)32-23(31-17)29-10-15-11-30-34(13-15)12-14-4-7-18(28-9-14)24(25,26)27/h4,7,9,11,13,16,19H,2-3,5-6,8,10,12H2,1H3,(H,29,31,32). The van der Waals surface area contributed by atoms with E-state index in [4.69, 9.17) is 9.97 Å². The molecule has 36 heavy (non-hydrogen) atoms. The molecule has 0 spiro atoms. The van der Waals surface area contributed by atoms with Gasteiger partial charge in [0.15, 0.2) is 5.82 Å². The summed E-state index contributed by atoms with van der Waals surface area (Å²) < 4.78 is 39.8. The van der Waals surface area contributed by atoms with Crippen LogP contribution in [0, 0.1) is 5.92 Å². The van der Waals surface area contributed by atoms with Crippen molar-refractivity contribution in [2.45, 2.75) is 51.0 Å². The van der Waals surface area contributed by atoms with E-state index in [-0.39, 0.29) is 11.9 Å². The molecule has 6 rings (SSSR count). The van der Waals surface area contributed by atoms with Crippen LogP contribution in [-0.4, -0.2) is 50.3 Å². The largest absolute Gasteiger partial charge is 0.433 e. The Morgan fingerprint density at radius 2 is 1.97 bits per heavy atom. The highest BCUT2D eigenvalue weighted by Crippen LogP contribution is 2.45. The van der Waals surface area contributed by atoms with Crippen LogP contribution in [0.25, 0.3) is 0 Å². The second-order valence-corrected chi connectivity index (χ2v) is 9.60. The van der Waals surface area contributed by atoms with Gasteiger partial charge in [0, 0.05) is 38.1 Å². The maximum absolute atomic E-state index is 13.1. The molecule has 3 aromatic heterocycles. The van der Waals surface area contributed by atoms with Crippen LogP contribution < -0.4 is 15.1 Å². The van der Waals surface area contributed by atoms with Crippen molar-refractivity contribution in [3.63, 3.8) is 0 Å². The van der Waals surface area contributed by atoms with Gasteiger partial charge in [0.25, 0.3) is 0 Å². The average Bonchev–Trinajstić information content (AvgIpc) is 3.59. The van der Waals surface area contributed by atoms with E-state index in [1.807, 2.05) is 23.0 Å². The lowest BCUT2D eigenvalue weighted by Crippen LogP contribution is -2.55. The van der Waals surface area contributed by atoms with E-state index >= 15 is 0 Å². The van der Waals surface area contributed by atoms with Gasteiger partial charge < -0.3 is 15.1 Å². The molecule has 1 aliphatic carbocycles. The molecule has 9 nitrogen and oxygen atoms in total. The highest BCUT2D eigenvalue weighted by molar-refractivity contribution is 6.06. The van der Waals surface area contributed by atoms with Crippen molar-refractivity contribution in [3.05, 3.63) is 53.2 Å². The van der Waals surface area contributed by atoms with Crippen LogP contribution in [-0.2, 0) is 30.5 Å². The first-order chi connectivity index (χ1) is 17.3. The molecule has 5 heterocycles. The number of likely N-dealkylation sites (N-methyl/N-ethyl adjacent to an activating group) is 1. The van der Waals surface area contributed by atoms with E-state index < -0.39 is 11.9 Å². The third kappa shape index (κ3) is 4.14. The van der Waals surface area contributed by atoms with Crippen LogP contribution in [0.3, 0.4) is 0 Å². The summed E-state index contributed by atoms with van der Waals surface area (Å²) in [5.74, 6) is 1.84. The molecule has 188 valence electrons. The molecule has 3 aromatic rings. The van der Waals surface area contributed by atoms with Crippen LogP contribution >= 0.6 is 0 Å². The number of carbonyl (C=O) groups is 1. The van der Waals surface area contributed by atoms with Gasteiger partial charge in [-0.1, -0.05) is 6.07 Å². The summed E-state index contributed by atoms with van der Waals surface area (Å²) in [7, 11) is 1.94. The van der Waals surface area contributed by atoms with Crippen molar-refractivity contribution in [1.29, 1.82) is 0 Å². The monoisotopic (exact) mass is 498 g/mol. The topological polar surface area (TPSA) is 92.1 Å². The minimum atomic E-state index is -4.46. The lowest BCUT2D eigenvalue weighted by atomic mass is 10.00. The summed E-state index contributed by atoms with van der Waals surface area (Å²) >= 11 is 0. The van der Waals surface area contributed by atoms with Gasteiger partial charge in [0.2, 0.25) is 11.9 Å². The number of alkyl halides is 3. The molecule has 2 aliphatic heterocycles. The quantitative estimate of drug-likeness (QED) is 0.558. The SMILES string of the molecule is CN1c2nc(NCc3cnn(Cc4ccc(C(F)(F)F)nc4)c3)nc3c2N(CCC3)C(=O)C1C1CC1. The molecule has 0 radical (unpaired) electrons. The maximum Gasteiger partial charge on any atom is 0.433 e. The maximum atomic E-state index is 13.1. The molecule has 1 atom stereocenters. The molecule has 0 aromatic carbocycles. The van der Waals surface area contributed by atoms with Crippen molar-refractivity contribution in [1.82, 2.24) is 24.7 Å². The first-order valence-electron chi connectivity index (χ1n) is 12.0. The number of aryl methyl sites for hydroxylation is 1. The number of nitrogens with one attached hydrogen (secondary N) is 1. The van der Waals surface area contributed by atoms with E-state index in [2.05, 4.69) is 15.4 Å². The highest BCUT2D eigenvalue weighted by Gasteiger charge is 2.47. The number of hydrogen-bond acceptors (Lipinski definition) is 7. The van der Waals surface area contributed by atoms with Crippen molar-refractivity contribution in [2.24, 2.45) is 5.92 Å². The zero-order chi connectivity index (χ0) is 25.0. The van der Waals surface area contributed by atoms with Crippen LogP contribution in [0.5, 0.6) is 0 Å². The van der Waals surface area contributed by atoms with Crippen LogP contribution in [0.1, 0.15) is 41.8 Å². The van der Waals surface area contributed by atoms with Crippen molar-refractivity contribution >= 4 is 23.4 Å². The highest BCUT2D eigenvalue weighted by atomic mass is 19.4. The second-order valence-electron chi connectivity index (χ2n) is 9.60. The summed E-state index contributed by atoms with van der Waals surface area (Å²) in [5.41, 5.74) is 2.31. The molecule has 0 bridgehead atoms. The molecular formula is C24H25F3N8O. The first kappa shape index (κ1) is 22.7. The number of rotatable bonds is 6. The van der Waals surface area contributed by atoms with Crippen LogP contribution in [0.4, 0.5) is 30.6 Å². The molecule has 1 amide bonds. The summed E-state index contributed by atoms with van der Waals surface area (Å²) in [6.45, 7) is 1.45. The number of amides is 1. The van der Waals surface area contributed by atoms with Gasteiger partial charge in [-0.3, -0.25) is 14.5 Å². The number of carbonyl (C=O) groups excluding carboxylic acids is 1. The Kier molecular flexibility index (Phi) is 5.34. The number of anilines is 3. The Morgan fingerprint density at radius 1 is 1.14 bits per heavy atom. The second kappa shape index (κ2) is 8.45. The molecule has 12 heteroatoms. The predicted octanol–water partition coefficient (Wildman–Crippen LogP) is 3.25. The van der Waals surface area contributed by atoms with E-state index in [1.54, 1.807) is 10.9 Å². The molecule has 0 saturated heterocycles. The zero-order valence-electron chi connectivity index (χ0n) is 19.7. The zero-order valence-corrected chi connectivity index (χ0v) is 19.7. The van der Waals surface area contributed by atoms with Crippen LogP contribution in [0.15, 0.2) is 30.7 Å². The van der Waals surface area contributed by atoms with Gasteiger partial charge in [0.1, 0.15) is 17.4 Å². The van der Waals surface area contributed by atoms with E-state index in [0.29, 0.717) is 37.1 Å². The molecule has 3 aliphatic rings. The molecule has 1 N–H and O–H groups in total. The number of hydrogen-bond donors (Lipinski definition) is 1. The van der Waals surface area contributed by atoms with Crippen molar-refractivity contribution in [3.8, 4) is 0 Å². The number of pyridine rings is 1. The van der Waals surface area contributed by atoms with Gasteiger partial charge in [-0.2, -0.15) is 23.3 Å². The minimum Gasteiger partial charge on any atom is -0.350 e. The first-order valence-corrected chi connectivity index (χ1v) is 12.0. The summed E-state index contributed by atoms with van der Waals surface area (Å²) in [4.78, 5) is 30.0. The fraction of sp³-hybridized carbons (Fsp3) is 0.458. The normalized spacial score (nSPS) is 19.4. The van der Waals surface area contributed by atoms with Gasteiger partial charge >= 0.3 is 6.18 Å². The van der Waals surface area contributed by atoms with E-state index in [1.165, 1.54) is 12.3 Å². The van der Waals surface area contributed by atoms with Crippen LogP contribution in [0.2, 0.25) is 0 Å². The summed E-state index contributed by atoms with van der Waals surface area (Å²) in [6, 6.07) is 2.21. The minimum absolute atomic E-state index is 0.161. The van der Waals surface area contributed by atoms with E-state index in [9.17, 15) is 18.0 Å². The molecule has 1 unspecified atom stereocenters. The predicted molar refractivity (Wildman–Crippen MR) is 126 cm³/mol. The Morgan fingerprint density at radius 3 is 2.69 bits per heavy atom. The molecule has 1 fully saturated rings. The Bertz CT molecular complexity index is 1300. The molecular weight excluding hydrogens is 473 g/mol. The van der Waals surface area contributed by atoms with Gasteiger partial charge in [-0.25, -0.2) is 4.98 Å². The lowest BCUT2D eigenvalue weighted by molar-refractivity contribution is -0.141. The lowest BCUT2D eigenvalue weighted by Gasteiger charge is -2.42. The van der Waals surface area contributed by atoms with Gasteiger partial charge in [-0.15, -0.1) is 0 Å². The third-order valence-electron chi connectivity index (χ3n) is 6.94. The van der Waals surface area contributed by atoms with Crippen molar-refractivity contribution < 1.29 is 18.0 Å². The van der Waals surface area contributed by atoms with E-state index in [0.717, 1.165) is 54.5 Å². The fourth-order valence-electron chi connectivity index (χ4n) is 5.03. The third-order valence-corrected chi connectivity index (χ3v) is 6.94. The fourth-order valence-corrected chi connectivity index (χ4v) is 5.03. The van der Waals surface area contributed by atoms with Gasteiger partial charge in [0.05, 0.1) is 18.4 Å². The van der Waals surface area contributed by atoms with Gasteiger partial charge in [-0.05, 0) is 43.2 Å². The summed E-state index contributed by atoms with van der Waals surface area (Å²) in [5, 5.41) is 7.58. The smallest absolute Gasteiger partial charge is 0.350 e. The van der Waals surface area contributed by atoms with Crippen molar-refractivity contribution in [2.75, 3.05) is 28.7 Å². The Labute approximate surface area is 205 Å². The number of aromatic nitrogens is 5. The average molecular weight is 499 g/mol. The summed E-state index contributed by atoms with van der Waals surface area (Å²) in [6.07, 6.45) is 4.09. The Hall–Kier alpha value is -3.70. The number of halogens is 3. The Balaban J connectivity index is 1.16. The number of nitrogens with zero attached hydrogens (tertiary/aromatic N) is 7.